The van der Waals surface area contributed by atoms with E-state index in [0.717, 1.165) is 31.5 Å². The van der Waals surface area contributed by atoms with Gasteiger partial charge in [-0.05, 0) is 18.4 Å². The first-order chi connectivity index (χ1) is 12.9. The lowest BCUT2D eigenvalue weighted by atomic mass is 9.94. The van der Waals surface area contributed by atoms with Gasteiger partial charge in [0.15, 0.2) is 0 Å². The number of nitrogens with zero attached hydrogens (tertiary/aromatic N) is 3. The molecule has 1 aliphatic heterocycles. The number of aromatic nitrogens is 2. The van der Waals surface area contributed by atoms with Crippen LogP contribution in [0, 0.1) is 5.41 Å². The molecule has 1 unspecified atom stereocenters. The summed E-state index contributed by atoms with van der Waals surface area (Å²) in [6.45, 7) is 7.59. The van der Waals surface area contributed by atoms with E-state index in [1.165, 1.54) is 12.8 Å². The fourth-order valence-corrected chi connectivity index (χ4v) is 3.18. The Kier molecular flexibility index (Phi) is 6.14. The second-order valence-electron chi connectivity index (χ2n) is 8.29. The normalized spacial score (nSPS) is 16.6. The summed E-state index contributed by atoms with van der Waals surface area (Å²) in [4.78, 5) is 14.7. The van der Waals surface area contributed by atoms with Crippen molar-refractivity contribution in [3.05, 3.63) is 41.8 Å². The zero-order valence-electron chi connectivity index (χ0n) is 16.6. The standard InChI is InChI=1S/C21H30N4O2/c1-21(2,3)19(26)22-17(15-16-11-7-6-8-12-16)18-23-24-20(27-18)25-13-9-4-5-10-14-25/h6-8,11-12,17H,4-5,9-10,13-15H2,1-3H3,(H,22,26). The van der Waals surface area contributed by atoms with Gasteiger partial charge in [0, 0.05) is 24.9 Å². The van der Waals surface area contributed by atoms with Crippen LogP contribution in [-0.2, 0) is 11.2 Å². The number of carbonyl (C=O) groups is 1. The van der Waals surface area contributed by atoms with Crippen molar-refractivity contribution in [2.24, 2.45) is 5.41 Å². The quantitative estimate of drug-likeness (QED) is 0.864. The second kappa shape index (κ2) is 8.55. The van der Waals surface area contributed by atoms with Crippen molar-refractivity contribution in [3.63, 3.8) is 0 Å². The predicted molar refractivity (Wildman–Crippen MR) is 105 cm³/mol. The summed E-state index contributed by atoms with van der Waals surface area (Å²) in [5.74, 6) is 0.439. The third-order valence-corrected chi connectivity index (χ3v) is 4.87. The first-order valence-corrected chi connectivity index (χ1v) is 9.87. The van der Waals surface area contributed by atoms with E-state index in [1.54, 1.807) is 0 Å². The van der Waals surface area contributed by atoms with Crippen molar-refractivity contribution in [1.29, 1.82) is 0 Å². The summed E-state index contributed by atoms with van der Waals surface area (Å²) in [6, 6.07) is 10.3. The van der Waals surface area contributed by atoms with Gasteiger partial charge in [-0.25, -0.2) is 0 Å². The molecule has 1 aromatic carbocycles. The Morgan fingerprint density at radius 3 is 2.41 bits per heavy atom. The van der Waals surface area contributed by atoms with Gasteiger partial charge in [0.2, 0.25) is 11.8 Å². The molecule has 6 nitrogen and oxygen atoms in total. The van der Waals surface area contributed by atoms with Crippen molar-refractivity contribution >= 4 is 11.9 Å². The highest BCUT2D eigenvalue weighted by molar-refractivity contribution is 5.81. The van der Waals surface area contributed by atoms with E-state index in [4.69, 9.17) is 4.42 Å². The molecule has 0 radical (unpaired) electrons. The fourth-order valence-electron chi connectivity index (χ4n) is 3.18. The van der Waals surface area contributed by atoms with Gasteiger partial charge in [0.1, 0.15) is 6.04 Å². The molecule has 146 valence electrons. The number of hydrogen-bond donors (Lipinski definition) is 1. The van der Waals surface area contributed by atoms with Crippen LogP contribution in [0.5, 0.6) is 0 Å². The Balaban J connectivity index is 1.80. The summed E-state index contributed by atoms with van der Waals surface area (Å²) >= 11 is 0. The molecule has 27 heavy (non-hydrogen) atoms. The number of anilines is 1. The summed E-state index contributed by atoms with van der Waals surface area (Å²) in [7, 11) is 0. The molecule has 0 bridgehead atoms. The maximum absolute atomic E-state index is 12.6. The molecular weight excluding hydrogens is 340 g/mol. The fraction of sp³-hybridized carbons (Fsp3) is 0.571. The Bertz CT molecular complexity index is 728. The molecule has 1 fully saturated rings. The third-order valence-electron chi connectivity index (χ3n) is 4.87. The lowest BCUT2D eigenvalue weighted by molar-refractivity contribution is -0.129. The lowest BCUT2D eigenvalue weighted by Gasteiger charge is -2.22. The van der Waals surface area contributed by atoms with E-state index in [9.17, 15) is 4.79 Å². The molecule has 0 spiro atoms. The van der Waals surface area contributed by atoms with Crippen LogP contribution in [0.15, 0.2) is 34.7 Å². The van der Waals surface area contributed by atoms with Crippen LogP contribution in [0.1, 0.15) is 64.0 Å². The lowest BCUT2D eigenvalue weighted by Crippen LogP contribution is -2.38. The summed E-state index contributed by atoms with van der Waals surface area (Å²) in [5, 5.41) is 11.6. The van der Waals surface area contributed by atoms with Crippen LogP contribution < -0.4 is 10.2 Å². The molecule has 1 aliphatic rings. The Labute approximate surface area is 161 Å². The van der Waals surface area contributed by atoms with Gasteiger partial charge in [0.25, 0.3) is 0 Å². The highest BCUT2D eigenvalue weighted by atomic mass is 16.4. The van der Waals surface area contributed by atoms with Crippen molar-refractivity contribution in [3.8, 4) is 0 Å². The van der Waals surface area contributed by atoms with Crippen LogP contribution in [0.2, 0.25) is 0 Å². The minimum atomic E-state index is -0.484. The number of benzene rings is 1. The Morgan fingerprint density at radius 2 is 1.78 bits per heavy atom. The topological polar surface area (TPSA) is 71.3 Å². The molecule has 2 heterocycles. The van der Waals surface area contributed by atoms with E-state index in [0.29, 0.717) is 18.3 Å². The number of carbonyl (C=O) groups excluding carboxylic acids is 1. The maximum atomic E-state index is 12.6. The average Bonchev–Trinajstić information content (AvgIpc) is 2.97. The largest absolute Gasteiger partial charge is 0.406 e. The molecule has 1 saturated heterocycles. The van der Waals surface area contributed by atoms with Gasteiger partial charge in [-0.3, -0.25) is 4.79 Å². The van der Waals surface area contributed by atoms with Crippen LogP contribution in [0.25, 0.3) is 0 Å². The van der Waals surface area contributed by atoms with Gasteiger partial charge in [0.05, 0.1) is 0 Å². The SMILES string of the molecule is CC(C)(C)C(=O)NC(Cc1ccccc1)c1nnc(N2CCCCCC2)o1. The van der Waals surface area contributed by atoms with Gasteiger partial charge >= 0.3 is 6.01 Å². The van der Waals surface area contributed by atoms with E-state index in [1.807, 2.05) is 51.1 Å². The number of nitrogens with one attached hydrogen (secondary N) is 1. The molecule has 2 aromatic rings. The zero-order chi connectivity index (χ0) is 19.3. The highest BCUT2D eigenvalue weighted by Crippen LogP contribution is 2.24. The van der Waals surface area contributed by atoms with E-state index in [2.05, 4.69) is 20.4 Å². The van der Waals surface area contributed by atoms with Gasteiger partial charge in [-0.1, -0.05) is 69.0 Å². The molecule has 1 atom stereocenters. The minimum Gasteiger partial charge on any atom is -0.406 e. The number of rotatable bonds is 5. The molecule has 3 rings (SSSR count). The maximum Gasteiger partial charge on any atom is 0.318 e. The predicted octanol–water partition coefficient (Wildman–Crippen LogP) is 3.90. The highest BCUT2D eigenvalue weighted by Gasteiger charge is 2.28. The van der Waals surface area contributed by atoms with Gasteiger partial charge < -0.3 is 14.6 Å². The van der Waals surface area contributed by atoms with Crippen LogP contribution in [-0.4, -0.2) is 29.2 Å². The van der Waals surface area contributed by atoms with Crippen molar-refractivity contribution in [2.75, 3.05) is 18.0 Å². The van der Waals surface area contributed by atoms with E-state index in [-0.39, 0.29) is 11.9 Å². The molecule has 1 aromatic heterocycles. The number of hydrogen-bond acceptors (Lipinski definition) is 5. The van der Waals surface area contributed by atoms with Crippen molar-refractivity contribution in [2.45, 2.75) is 58.9 Å². The summed E-state index contributed by atoms with van der Waals surface area (Å²) in [6.07, 6.45) is 5.40. The first kappa shape index (κ1) is 19.4. The first-order valence-electron chi connectivity index (χ1n) is 9.87. The molecular formula is C21H30N4O2. The molecule has 1 N–H and O–H groups in total. The second-order valence-corrected chi connectivity index (χ2v) is 8.29. The van der Waals surface area contributed by atoms with Crippen LogP contribution in [0.4, 0.5) is 6.01 Å². The molecule has 6 heteroatoms. The summed E-state index contributed by atoms with van der Waals surface area (Å²) in [5.41, 5.74) is 0.633. The van der Waals surface area contributed by atoms with E-state index >= 15 is 0 Å². The van der Waals surface area contributed by atoms with Gasteiger partial charge in [-0.2, -0.15) is 0 Å². The Hall–Kier alpha value is -2.37. The average molecular weight is 370 g/mol. The number of amides is 1. The van der Waals surface area contributed by atoms with Crippen LogP contribution in [0.3, 0.4) is 0 Å². The van der Waals surface area contributed by atoms with E-state index < -0.39 is 5.41 Å². The monoisotopic (exact) mass is 370 g/mol. The van der Waals surface area contributed by atoms with Gasteiger partial charge in [-0.15, -0.1) is 5.10 Å². The minimum absolute atomic E-state index is 0.0297. The van der Waals surface area contributed by atoms with Crippen LogP contribution >= 0.6 is 0 Å². The smallest absolute Gasteiger partial charge is 0.318 e. The third kappa shape index (κ3) is 5.31. The zero-order valence-corrected chi connectivity index (χ0v) is 16.6. The molecule has 0 aliphatic carbocycles. The Morgan fingerprint density at radius 1 is 1.11 bits per heavy atom. The molecule has 0 saturated carbocycles. The molecule has 1 amide bonds. The summed E-state index contributed by atoms with van der Waals surface area (Å²) < 4.78 is 6.02. The van der Waals surface area contributed by atoms with Crippen molar-refractivity contribution in [1.82, 2.24) is 15.5 Å². The van der Waals surface area contributed by atoms with Crippen molar-refractivity contribution < 1.29 is 9.21 Å².